The lowest BCUT2D eigenvalue weighted by Crippen LogP contribution is -2.44. The topological polar surface area (TPSA) is 78.5 Å². The number of sulfonamides is 1. The molecule has 2 heterocycles. The van der Waals surface area contributed by atoms with Crippen LogP contribution in [0.4, 0.5) is 5.69 Å². The fourth-order valence-corrected chi connectivity index (χ4v) is 5.96. The van der Waals surface area contributed by atoms with Crippen LogP contribution in [-0.4, -0.2) is 44.6 Å². The van der Waals surface area contributed by atoms with Crippen LogP contribution in [0.15, 0.2) is 34.1 Å². The van der Waals surface area contributed by atoms with Crippen molar-refractivity contribution in [2.45, 2.75) is 32.4 Å². The molecule has 0 saturated heterocycles. The Bertz CT molecular complexity index is 957. The first-order chi connectivity index (χ1) is 13.1. The number of thiophene rings is 1. The Balaban J connectivity index is 1.55. The zero-order chi connectivity index (χ0) is 20.5. The molecule has 9 heteroatoms. The fourth-order valence-electron chi connectivity index (χ4n) is 3.61. The van der Waals surface area contributed by atoms with Crippen LogP contribution in [0, 0.1) is 0 Å². The van der Waals surface area contributed by atoms with Gasteiger partial charge in [-0.3, -0.25) is 14.4 Å². The van der Waals surface area contributed by atoms with Crippen LogP contribution in [0.2, 0.25) is 0 Å². The van der Waals surface area contributed by atoms with E-state index in [1.54, 1.807) is 35.6 Å². The van der Waals surface area contributed by atoms with Crippen LogP contribution in [0.3, 0.4) is 0 Å². The molecule has 0 spiro atoms. The standard InChI is InChI=1S/C19H24BrN3O3S2/c1-12-10-15-11-17(20)27-18(15)13(2)23(12)9-8-21-19(24)14-4-6-16(7-5-14)22-28(3,25)26/h4-7,11-13,22H,8-10H2,1-3H3,(H,21,24)/t12-,13+/m1/s1. The lowest BCUT2D eigenvalue weighted by molar-refractivity contribution is 0.0930. The van der Waals surface area contributed by atoms with Gasteiger partial charge in [0.05, 0.1) is 10.0 Å². The number of halogens is 1. The van der Waals surface area contributed by atoms with Gasteiger partial charge in [0.2, 0.25) is 10.0 Å². The number of carbonyl (C=O) groups is 1. The summed E-state index contributed by atoms with van der Waals surface area (Å²) in [6, 6.07) is 9.36. The number of amides is 1. The number of hydrogen-bond donors (Lipinski definition) is 2. The van der Waals surface area contributed by atoms with Gasteiger partial charge in [-0.1, -0.05) is 0 Å². The Morgan fingerprint density at radius 3 is 2.61 bits per heavy atom. The number of anilines is 1. The van der Waals surface area contributed by atoms with Crippen molar-refractivity contribution in [2.24, 2.45) is 0 Å². The van der Waals surface area contributed by atoms with Crippen molar-refractivity contribution in [3.05, 3.63) is 50.1 Å². The van der Waals surface area contributed by atoms with E-state index in [1.807, 2.05) is 0 Å². The van der Waals surface area contributed by atoms with E-state index in [2.05, 4.69) is 50.8 Å². The molecular weight excluding hydrogens is 462 g/mol. The van der Waals surface area contributed by atoms with Crippen molar-refractivity contribution >= 4 is 48.9 Å². The summed E-state index contributed by atoms with van der Waals surface area (Å²) in [5.41, 5.74) is 2.36. The van der Waals surface area contributed by atoms with Crippen molar-refractivity contribution in [1.82, 2.24) is 10.2 Å². The van der Waals surface area contributed by atoms with E-state index < -0.39 is 10.0 Å². The minimum absolute atomic E-state index is 0.164. The molecule has 6 nitrogen and oxygen atoms in total. The highest BCUT2D eigenvalue weighted by molar-refractivity contribution is 9.11. The third-order valence-corrected chi connectivity index (χ3v) is 7.33. The van der Waals surface area contributed by atoms with Gasteiger partial charge in [0.1, 0.15) is 0 Å². The van der Waals surface area contributed by atoms with Crippen LogP contribution >= 0.6 is 27.3 Å². The third kappa shape index (κ3) is 5.14. The number of carbonyl (C=O) groups excluding carboxylic acids is 1. The fraction of sp³-hybridized carbons (Fsp3) is 0.421. The van der Waals surface area contributed by atoms with E-state index in [-0.39, 0.29) is 5.91 Å². The molecule has 28 heavy (non-hydrogen) atoms. The molecule has 0 aliphatic carbocycles. The van der Waals surface area contributed by atoms with Gasteiger partial charge in [-0.15, -0.1) is 11.3 Å². The maximum absolute atomic E-state index is 12.4. The molecule has 3 rings (SSSR count). The van der Waals surface area contributed by atoms with Crippen molar-refractivity contribution in [1.29, 1.82) is 0 Å². The van der Waals surface area contributed by atoms with E-state index in [0.717, 1.165) is 19.2 Å². The molecule has 0 radical (unpaired) electrons. The van der Waals surface area contributed by atoms with Crippen LogP contribution < -0.4 is 10.0 Å². The minimum atomic E-state index is -3.33. The summed E-state index contributed by atoms with van der Waals surface area (Å²) in [5, 5.41) is 2.96. The monoisotopic (exact) mass is 485 g/mol. The van der Waals surface area contributed by atoms with E-state index in [9.17, 15) is 13.2 Å². The largest absolute Gasteiger partial charge is 0.351 e. The van der Waals surface area contributed by atoms with Crippen molar-refractivity contribution in [3.63, 3.8) is 0 Å². The predicted octanol–water partition coefficient (Wildman–Crippen LogP) is 3.62. The van der Waals surface area contributed by atoms with Gasteiger partial charge in [-0.25, -0.2) is 8.42 Å². The minimum Gasteiger partial charge on any atom is -0.351 e. The molecule has 1 aromatic carbocycles. The molecular formula is C19H24BrN3O3S2. The summed E-state index contributed by atoms with van der Waals surface area (Å²) in [5.74, 6) is -0.164. The summed E-state index contributed by atoms with van der Waals surface area (Å²) in [7, 11) is -3.33. The van der Waals surface area contributed by atoms with Gasteiger partial charge in [0, 0.05) is 41.3 Å². The Labute approximate surface area is 178 Å². The van der Waals surface area contributed by atoms with E-state index in [0.29, 0.717) is 29.9 Å². The number of nitrogens with zero attached hydrogens (tertiary/aromatic N) is 1. The number of hydrogen-bond acceptors (Lipinski definition) is 5. The molecule has 0 unspecified atom stereocenters. The van der Waals surface area contributed by atoms with Crippen LogP contribution in [-0.2, 0) is 16.4 Å². The van der Waals surface area contributed by atoms with Gasteiger partial charge < -0.3 is 5.32 Å². The maximum atomic E-state index is 12.4. The molecule has 1 aliphatic heterocycles. The number of nitrogens with one attached hydrogen (secondary N) is 2. The summed E-state index contributed by atoms with van der Waals surface area (Å²) >= 11 is 5.37. The molecule has 2 N–H and O–H groups in total. The average molecular weight is 486 g/mol. The summed E-state index contributed by atoms with van der Waals surface area (Å²) in [6.07, 6.45) is 2.11. The Kier molecular flexibility index (Phi) is 6.48. The van der Waals surface area contributed by atoms with Gasteiger partial charge in [0.15, 0.2) is 0 Å². The molecule has 1 aromatic heterocycles. The highest BCUT2D eigenvalue weighted by Crippen LogP contribution is 2.39. The molecule has 0 fully saturated rings. The molecule has 1 amide bonds. The smallest absolute Gasteiger partial charge is 0.251 e. The lowest BCUT2D eigenvalue weighted by atomic mass is 9.97. The first-order valence-corrected chi connectivity index (χ1v) is 12.5. The number of fused-ring (bicyclic) bond motifs is 1. The Morgan fingerprint density at radius 1 is 1.29 bits per heavy atom. The van der Waals surface area contributed by atoms with E-state index >= 15 is 0 Å². The Hall–Kier alpha value is -1.42. The second kappa shape index (κ2) is 8.52. The highest BCUT2D eigenvalue weighted by atomic mass is 79.9. The zero-order valence-electron chi connectivity index (χ0n) is 16.0. The lowest BCUT2D eigenvalue weighted by Gasteiger charge is -2.38. The molecule has 1 aliphatic rings. The van der Waals surface area contributed by atoms with E-state index in [4.69, 9.17) is 0 Å². The van der Waals surface area contributed by atoms with Gasteiger partial charge in [-0.05, 0) is 72.1 Å². The van der Waals surface area contributed by atoms with Crippen molar-refractivity contribution < 1.29 is 13.2 Å². The quantitative estimate of drug-likeness (QED) is 0.654. The Morgan fingerprint density at radius 2 is 1.96 bits per heavy atom. The molecule has 2 aromatic rings. The van der Waals surface area contributed by atoms with Crippen LogP contribution in [0.25, 0.3) is 0 Å². The van der Waals surface area contributed by atoms with Crippen LogP contribution in [0.1, 0.15) is 40.7 Å². The van der Waals surface area contributed by atoms with E-state index in [1.165, 1.54) is 14.2 Å². The molecule has 0 bridgehead atoms. The second-order valence-electron chi connectivity index (χ2n) is 7.11. The number of rotatable bonds is 6. The third-order valence-electron chi connectivity index (χ3n) is 4.88. The SMILES string of the molecule is C[C@@H]1Cc2cc(Br)sc2[C@H](C)N1CCNC(=O)c1ccc(NS(C)(=O)=O)cc1. The maximum Gasteiger partial charge on any atom is 0.251 e. The average Bonchev–Trinajstić information content (AvgIpc) is 2.97. The molecule has 152 valence electrons. The zero-order valence-corrected chi connectivity index (χ0v) is 19.2. The first kappa shape index (κ1) is 21.3. The molecule has 2 atom stereocenters. The highest BCUT2D eigenvalue weighted by Gasteiger charge is 2.30. The normalized spacial score (nSPS) is 19.9. The van der Waals surface area contributed by atoms with Gasteiger partial charge >= 0.3 is 0 Å². The summed E-state index contributed by atoms with van der Waals surface area (Å²) < 4.78 is 26.0. The van der Waals surface area contributed by atoms with Crippen molar-refractivity contribution in [3.8, 4) is 0 Å². The predicted molar refractivity (Wildman–Crippen MR) is 118 cm³/mol. The summed E-state index contributed by atoms with van der Waals surface area (Å²) in [6.45, 7) is 5.77. The number of benzene rings is 1. The van der Waals surface area contributed by atoms with Gasteiger partial charge in [-0.2, -0.15) is 0 Å². The van der Waals surface area contributed by atoms with Gasteiger partial charge in [0.25, 0.3) is 5.91 Å². The first-order valence-electron chi connectivity index (χ1n) is 9.04. The van der Waals surface area contributed by atoms with Crippen LogP contribution in [0.5, 0.6) is 0 Å². The van der Waals surface area contributed by atoms with Crippen molar-refractivity contribution in [2.75, 3.05) is 24.1 Å². The summed E-state index contributed by atoms with van der Waals surface area (Å²) in [4.78, 5) is 16.2. The second-order valence-corrected chi connectivity index (χ2v) is 11.3. The molecule has 0 saturated carbocycles.